The van der Waals surface area contributed by atoms with Crippen molar-refractivity contribution in [2.24, 2.45) is 0 Å². The number of benzene rings is 1. The van der Waals surface area contributed by atoms with Crippen LogP contribution < -0.4 is 10.1 Å². The van der Waals surface area contributed by atoms with E-state index in [1.807, 2.05) is 29.7 Å². The first kappa shape index (κ1) is 14.8. The van der Waals surface area contributed by atoms with E-state index in [4.69, 9.17) is 16.3 Å². The molecule has 0 saturated carbocycles. The van der Waals surface area contributed by atoms with E-state index in [1.54, 1.807) is 18.9 Å². The second-order valence-electron chi connectivity index (χ2n) is 4.42. The van der Waals surface area contributed by atoms with Crippen LogP contribution in [0.15, 0.2) is 37.1 Å². The maximum Gasteiger partial charge on any atom is 0.183 e. The number of hydrogen-bond acceptors (Lipinski definition) is 6. The zero-order valence-corrected chi connectivity index (χ0v) is 13.4. The van der Waals surface area contributed by atoms with Crippen molar-refractivity contribution in [2.45, 2.75) is 13.5 Å². The lowest BCUT2D eigenvalue weighted by Gasteiger charge is -2.13. The van der Waals surface area contributed by atoms with E-state index < -0.39 is 0 Å². The maximum atomic E-state index is 5.85. The molecule has 0 radical (unpaired) electrons. The van der Waals surface area contributed by atoms with Gasteiger partial charge >= 0.3 is 0 Å². The molecule has 1 aromatic carbocycles. The van der Waals surface area contributed by atoms with Gasteiger partial charge in [0.1, 0.15) is 18.4 Å². The first-order valence-electron chi connectivity index (χ1n) is 6.72. The van der Waals surface area contributed by atoms with Crippen LogP contribution in [-0.4, -0.2) is 26.4 Å². The Morgan fingerprint density at radius 1 is 1.32 bits per heavy atom. The summed E-state index contributed by atoms with van der Waals surface area (Å²) in [5.74, 6) is 0.801. The fourth-order valence-corrected chi connectivity index (χ4v) is 2.90. The Morgan fingerprint density at radius 3 is 2.82 bits per heavy atom. The number of hydrogen-bond donors (Lipinski definition) is 1. The molecule has 0 atom stereocenters. The molecular weight excluding hydrogens is 322 g/mol. The third-order valence-corrected chi connectivity index (χ3v) is 4.07. The van der Waals surface area contributed by atoms with Crippen LogP contribution in [-0.2, 0) is 6.54 Å². The zero-order chi connectivity index (χ0) is 15.4. The largest absolute Gasteiger partial charge is 0.492 e. The van der Waals surface area contributed by atoms with E-state index >= 15 is 0 Å². The summed E-state index contributed by atoms with van der Waals surface area (Å²) in [6.45, 7) is 3.20. The Balaban J connectivity index is 1.84. The van der Waals surface area contributed by atoms with Gasteiger partial charge in [-0.1, -0.05) is 11.6 Å². The molecule has 0 aliphatic carbocycles. The van der Waals surface area contributed by atoms with Crippen molar-refractivity contribution in [3.63, 3.8) is 0 Å². The molecule has 2 heterocycles. The molecule has 114 valence electrons. The molecule has 0 aliphatic rings. The minimum Gasteiger partial charge on any atom is -0.492 e. The summed E-state index contributed by atoms with van der Waals surface area (Å²) in [5.41, 5.74) is 1.86. The summed E-state index contributed by atoms with van der Waals surface area (Å²) in [6, 6.07) is 5.89. The average Bonchev–Trinajstić information content (AvgIpc) is 3.18. The molecule has 3 aromatic rings. The van der Waals surface area contributed by atoms with Gasteiger partial charge in [-0.3, -0.25) is 4.57 Å². The van der Waals surface area contributed by atoms with Crippen LogP contribution in [0.3, 0.4) is 0 Å². The SMILES string of the molecule is CCOc1ccc(-n2cnnc2)cc1NCc1cnc(Cl)s1. The number of ether oxygens (including phenoxy) is 1. The summed E-state index contributed by atoms with van der Waals surface area (Å²) in [6.07, 6.45) is 5.08. The lowest BCUT2D eigenvalue weighted by atomic mass is 10.2. The predicted octanol–water partition coefficient (Wildman–Crippen LogP) is 3.39. The molecule has 0 fully saturated rings. The van der Waals surface area contributed by atoms with Crippen LogP contribution in [0.2, 0.25) is 4.47 Å². The van der Waals surface area contributed by atoms with Crippen LogP contribution in [0.5, 0.6) is 5.75 Å². The first-order chi connectivity index (χ1) is 10.8. The highest BCUT2D eigenvalue weighted by molar-refractivity contribution is 7.15. The number of aromatic nitrogens is 4. The Hall–Kier alpha value is -2.12. The lowest BCUT2D eigenvalue weighted by molar-refractivity contribution is 0.341. The number of anilines is 1. The molecular formula is C14H14ClN5OS. The highest BCUT2D eigenvalue weighted by Gasteiger charge is 2.07. The number of thiazole rings is 1. The molecule has 0 unspecified atom stereocenters. The summed E-state index contributed by atoms with van der Waals surface area (Å²) >= 11 is 7.31. The molecule has 0 aliphatic heterocycles. The van der Waals surface area contributed by atoms with Crippen LogP contribution in [0, 0.1) is 0 Å². The standard InChI is InChI=1S/C14H14ClN5OS/c1-2-21-13-4-3-10(20-8-18-19-9-20)5-12(13)16-6-11-7-17-14(15)22-11/h3-5,7-9,16H,2,6H2,1H3. The topological polar surface area (TPSA) is 64.9 Å². The molecule has 3 rings (SSSR count). The highest BCUT2D eigenvalue weighted by Crippen LogP contribution is 2.28. The number of nitrogens with zero attached hydrogens (tertiary/aromatic N) is 4. The van der Waals surface area contributed by atoms with Gasteiger partial charge in [0.15, 0.2) is 4.47 Å². The predicted molar refractivity (Wildman–Crippen MR) is 87.0 cm³/mol. The normalized spacial score (nSPS) is 10.6. The molecule has 0 amide bonds. The van der Waals surface area contributed by atoms with Crippen LogP contribution >= 0.6 is 22.9 Å². The van der Waals surface area contributed by atoms with Gasteiger partial charge in [0, 0.05) is 11.1 Å². The van der Waals surface area contributed by atoms with Crippen molar-refractivity contribution in [3.8, 4) is 11.4 Å². The first-order valence-corrected chi connectivity index (χ1v) is 7.91. The number of halogens is 1. The van der Waals surface area contributed by atoms with Gasteiger partial charge in [0.25, 0.3) is 0 Å². The minimum atomic E-state index is 0.542. The Kier molecular flexibility index (Phi) is 4.55. The van der Waals surface area contributed by atoms with Crippen molar-refractivity contribution < 1.29 is 4.74 Å². The second kappa shape index (κ2) is 6.76. The summed E-state index contributed by atoms with van der Waals surface area (Å²) < 4.78 is 8.04. The van der Waals surface area contributed by atoms with Gasteiger partial charge in [-0.05, 0) is 25.1 Å². The van der Waals surface area contributed by atoms with Crippen LogP contribution in [0.25, 0.3) is 5.69 Å². The van der Waals surface area contributed by atoms with Crippen molar-refractivity contribution in [1.29, 1.82) is 0 Å². The van der Waals surface area contributed by atoms with Crippen molar-refractivity contribution in [2.75, 3.05) is 11.9 Å². The monoisotopic (exact) mass is 335 g/mol. The van der Waals surface area contributed by atoms with Gasteiger partial charge in [-0.15, -0.1) is 21.5 Å². The van der Waals surface area contributed by atoms with E-state index in [2.05, 4.69) is 20.5 Å². The smallest absolute Gasteiger partial charge is 0.183 e. The molecule has 8 heteroatoms. The van der Waals surface area contributed by atoms with Gasteiger partial charge in [0.2, 0.25) is 0 Å². The quantitative estimate of drug-likeness (QED) is 0.748. The van der Waals surface area contributed by atoms with E-state index in [0.29, 0.717) is 17.6 Å². The molecule has 0 saturated heterocycles. The van der Waals surface area contributed by atoms with Gasteiger partial charge < -0.3 is 10.1 Å². The Labute approximate surface area is 136 Å². The van der Waals surface area contributed by atoms with E-state index in [0.717, 1.165) is 22.0 Å². The lowest BCUT2D eigenvalue weighted by Crippen LogP contribution is -2.03. The highest BCUT2D eigenvalue weighted by atomic mass is 35.5. The molecule has 0 bridgehead atoms. The average molecular weight is 336 g/mol. The van der Waals surface area contributed by atoms with Gasteiger partial charge in [-0.25, -0.2) is 4.98 Å². The minimum absolute atomic E-state index is 0.542. The number of rotatable bonds is 6. The van der Waals surface area contributed by atoms with Gasteiger partial charge in [-0.2, -0.15) is 0 Å². The summed E-state index contributed by atoms with van der Waals surface area (Å²) in [5, 5.41) is 11.0. The second-order valence-corrected chi connectivity index (χ2v) is 6.11. The number of nitrogens with one attached hydrogen (secondary N) is 1. The maximum absolute atomic E-state index is 5.85. The molecule has 6 nitrogen and oxygen atoms in total. The van der Waals surface area contributed by atoms with Crippen molar-refractivity contribution in [3.05, 3.63) is 46.4 Å². The summed E-state index contributed by atoms with van der Waals surface area (Å²) in [7, 11) is 0. The Bertz CT molecular complexity index is 744. The summed E-state index contributed by atoms with van der Waals surface area (Å²) in [4.78, 5) is 5.10. The van der Waals surface area contributed by atoms with Crippen LogP contribution in [0.1, 0.15) is 11.8 Å². The molecule has 0 spiro atoms. The van der Waals surface area contributed by atoms with E-state index in [1.165, 1.54) is 11.3 Å². The zero-order valence-electron chi connectivity index (χ0n) is 11.9. The Morgan fingerprint density at radius 2 is 2.14 bits per heavy atom. The molecule has 22 heavy (non-hydrogen) atoms. The van der Waals surface area contributed by atoms with E-state index in [-0.39, 0.29) is 0 Å². The van der Waals surface area contributed by atoms with Crippen molar-refractivity contribution >= 4 is 28.6 Å². The fourth-order valence-electron chi connectivity index (χ4n) is 1.98. The molecule has 2 aromatic heterocycles. The molecule has 1 N–H and O–H groups in total. The van der Waals surface area contributed by atoms with Crippen LogP contribution in [0.4, 0.5) is 5.69 Å². The fraction of sp³-hybridized carbons (Fsp3) is 0.214. The third-order valence-electron chi connectivity index (χ3n) is 2.96. The van der Waals surface area contributed by atoms with E-state index in [9.17, 15) is 0 Å². The van der Waals surface area contributed by atoms with Gasteiger partial charge in [0.05, 0.1) is 24.5 Å². The van der Waals surface area contributed by atoms with Crippen molar-refractivity contribution in [1.82, 2.24) is 19.7 Å². The third kappa shape index (κ3) is 3.37.